The predicted octanol–water partition coefficient (Wildman–Crippen LogP) is 2.20. The zero-order chi connectivity index (χ0) is 13.8. The Kier molecular flexibility index (Phi) is 2.41. The number of ether oxygens (including phenoxy) is 1. The molecule has 5 heteroatoms. The van der Waals surface area contributed by atoms with Crippen molar-refractivity contribution >= 4 is 0 Å². The molecule has 4 atom stereocenters. The fraction of sp³-hybridized carbons (Fsp3) is 0.500. The molecule has 4 heterocycles. The molecule has 1 aromatic heterocycles. The van der Waals surface area contributed by atoms with E-state index >= 15 is 0 Å². The Bertz CT molecular complexity index is 684. The van der Waals surface area contributed by atoms with Gasteiger partial charge in [-0.25, -0.2) is 0 Å². The summed E-state index contributed by atoms with van der Waals surface area (Å²) in [6, 6.07) is 9.27. The van der Waals surface area contributed by atoms with E-state index in [1.165, 1.54) is 12.8 Å². The van der Waals surface area contributed by atoms with Crippen molar-refractivity contribution in [1.29, 1.82) is 0 Å². The zero-order valence-electron chi connectivity index (χ0n) is 11.7. The summed E-state index contributed by atoms with van der Waals surface area (Å²) in [5.74, 6) is 3.00. The third kappa shape index (κ3) is 1.73. The van der Waals surface area contributed by atoms with E-state index in [9.17, 15) is 0 Å². The highest BCUT2D eigenvalue weighted by Crippen LogP contribution is 2.41. The van der Waals surface area contributed by atoms with E-state index < -0.39 is 0 Å². The minimum atomic E-state index is 0.102. The maximum Gasteiger partial charge on any atom is 0.231 e. The van der Waals surface area contributed by atoms with E-state index in [2.05, 4.69) is 16.5 Å². The highest BCUT2D eigenvalue weighted by Gasteiger charge is 2.43. The second-order valence-electron chi connectivity index (χ2n) is 6.28. The maximum absolute atomic E-state index is 5.72. The van der Waals surface area contributed by atoms with Crippen molar-refractivity contribution in [3.8, 4) is 5.75 Å². The van der Waals surface area contributed by atoms with Gasteiger partial charge in [0.05, 0.1) is 11.8 Å². The van der Waals surface area contributed by atoms with Gasteiger partial charge in [0.25, 0.3) is 0 Å². The second-order valence-corrected chi connectivity index (χ2v) is 6.28. The van der Waals surface area contributed by atoms with Gasteiger partial charge < -0.3 is 14.6 Å². The number of fused-ring (bicyclic) bond motifs is 3. The van der Waals surface area contributed by atoms with Gasteiger partial charge in [-0.2, -0.15) is 4.98 Å². The molecule has 3 aliphatic heterocycles. The first-order valence-electron chi connectivity index (χ1n) is 7.70. The lowest BCUT2D eigenvalue weighted by Gasteiger charge is -2.15. The van der Waals surface area contributed by atoms with Crippen LogP contribution in [-0.2, 0) is 0 Å². The molecule has 0 aliphatic carbocycles. The fourth-order valence-electron chi connectivity index (χ4n) is 4.01. The van der Waals surface area contributed by atoms with Gasteiger partial charge in [-0.15, -0.1) is 0 Å². The van der Waals surface area contributed by atoms with Crippen LogP contribution >= 0.6 is 0 Å². The van der Waals surface area contributed by atoms with Gasteiger partial charge in [0.15, 0.2) is 5.82 Å². The average molecular weight is 283 g/mol. The van der Waals surface area contributed by atoms with E-state index in [1.54, 1.807) is 0 Å². The molecule has 1 aromatic carbocycles. The quantitative estimate of drug-likeness (QED) is 0.915. The highest BCUT2D eigenvalue weighted by molar-refractivity contribution is 5.42. The summed E-state index contributed by atoms with van der Waals surface area (Å²) in [6.07, 6.45) is 3.64. The fourth-order valence-corrected chi connectivity index (χ4v) is 4.01. The molecule has 1 N–H and O–H groups in total. The molecule has 4 unspecified atom stereocenters. The Labute approximate surface area is 122 Å². The van der Waals surface area contributed by atoms with Crippen LogP contribution in [0, 0.1) is 0 Å². The van der Waals surface area contributed by atoms with E-state index in [4.69, 9.17) is 14.2 Å². The van der Waals surface area contributed by atoms with Gasteiger partial charge >= 0.3 is 0 Å². The zero-order valence-corrected chi connectivity index (χ0v) is 11.7. The van der Waals surface area contributed by atoms with Gasteiger partial charge in [-0.3, -0.25) is 0 Å². The normalized spacial score (nSPS) is 33.1. The summed E-state index contributed by atoms with van der Waals surface area (Å²) in [4.78, 5) is 4.69. The number of aromatic nitrogens is 2. The van der Waals surface area contributed by atoms with Gasteiger partial charge in [0.2, 0.25) is 5.89 Å². The summed E-state index contributed by atoms with van der Waals surface area (Å²) < 4.78 is 11.3. The van der Waals surface area contributed by atoms with E-state index in [0.29, 0.717) is 24.6 Å². The first-order valence-corrected chi connectivity index (χ1v) is 7.70. The number of hydrogen-bond donors (Lipinski definition) is 1. The Morgan fingerprint density at radius 2 is 2.14 bits per heavy atom. The molecule has 0 amide bonds. The van der Waals surface area contributed by atoms with Crippen LogP contribution in [0.15, 0.2) is 28.8 Å². The SMILES string of the molecule is c1ccc2c(c1)OCC2c1noc(C2CC3CCC2N3)n1. The molecule has 108 valence electrons. The molecule has 2 aromatic rings. The molecule has 0 saturated carbocycles. The van der Waals surface area contributed by atoms with Crippen LogP contribution < -0.4 is 10.1 Å². The molecule has 3 aliphatic rings. The average Bonchev–Trinajstić information content (AvgIpc) is 3.28. The molecule has 0 radical (unpaired) electrons. The lowest BCUT2D eigenvalue weighted by molar-refractivity contribution is 0.318. The molecule has 5 nitrogen and oxygen atoms in total. The number of nitrogens with one attached hydrogen (secondary N) is 1. The summed E-state index contributed by atoms with van der Waals surface area (Å²) in [5, 5.41) is 7.85. The van der Waals surface area contributed by atoms with Crippen molar-refractivity contribution < 1.29 is 9.26 Å². The number of nitrogens with zero attached hydrogens (tertiary/aromatic N) is 2. The maximum atomic E-state index is 5.72. The van der Waals surface area contributed by atoms with Gasteiger partial charge in [-0.1, -0.05) is 23.4 Å². The molecule has 2 fully saturated rings. The van der Waals surface area contributed by atoms with Crippen molar-refractivity contribution in [2.24, 2.45) is 0 Å². The standard InChI is InChI=1S/C16H17N3O2/c1-2-4-14-10(3-1)12(8-20-14)15-18-16(21-19-15)11-7-9-5-6-13(11)17-9/h1-4,9,11-13,17H,5-8H2. The minimum absolute atomic E-state index is 0.102. The minimum Gasteiger partial charge on any atom is -0.492 e. The highest BCUT2D eigenvalue weighted by atomic mass is 16.5. The summed E-state index contributed by atoms with van der Waals surface area (Å²) in [5.41, 5.74) is 1.16. The predicted molar refractivity (Wildman–Crippen MR) is 75.4 cm³/mol. The molecule has 5 rings (SSSR count). The number of rotatable bonds is 2. The van der Waals surface area contributed by atoms with E-state index in [-0.39, 0.29) is 5.92 Å². The Morgan fingerprint density at radius 1 is 1.19 bits per heavy atom. The number of hydrogen-bond acceptors (Lipinski definition) is 5. The lowest BCUT2D eigenvalue weighted by Crippen LogP contribution is -2.21. The van der Waals surface area contributed by atoms with Crippen molar-refractivity contribution in [2.75, 3.05) is 6.61 Å². The van der Waals surface area contributed by atoms with Crippen molar-refractivity contribution in [2.45, 2.75) is 43.2 Å². The van der Waals surface area contributed by atoms with Crippen LogP contribution in [0.25, 0.3) is 0 Å². The number of para-hydroxylation sites is 1. The molecule has 21 heavy (non-hydrogen) atoms. The van der Waals surface area contributed by atoms with Gasteiger partial charge in [0, 0.05) is 17.6 Å². The summed E-state index contributed by atoms with van der Waals surface area (Å²) in [7, 11) is 0. The van der Waals surface area contributed by atoms with Gasteiger partial charge in [0.1, 0.15) is 12.4 Å². The molecular weight excluding hydrogens is 266 g/mol. The van der Waals surface area contributed by atoms with Crippen LogP contribution in [0.2, 0.25) is 0 Å². The third-order valence-corrected chi connectivity index (χ3v) is 5.09. The van der Waals surface area contributed by atoms with Gasteiger partial charge in [-0.05, 0) is 25.3 Å². The molecular formula is C16H17N3O2. The molecule has 2 bridgehead atoms. The van der Waals surface area contributed by atoms with Crippen LogP contribution in [0.1, 0.15) is 48.4 Å². The first-order chi connectivity index (χ1) is 10.4. The summed E-state index contributed by atoms with van der Waals surface area (Å²) in [6.45, 7) is 0.604. The molecule has 0 spiro atoms. The molecule has 2 saturated heterocycles. The van der Waals surface area contributed by atoms with Crippen LogP contribution in [-0.4, -0.2) is 28.8 Å². The first kappa shape index (κ1) is 11.7. The Hall–Kier alpha value is -1.88. The largest absolute Gasteiger partial charge is 0.492 e. The summed E-state index contributed by atoms with van der Waals surface area (Å²) >= 11 is 0. The topological polar surface area (TPSA) is 60.2 Å². The van der Waals surface area contributed by atoms with Crippen LogP contribution in [0.4, 0.5) is 0 Å². The van der Waals surface area contributed by atoms with Crippen LogP contribution in [0.5, 0.6) is 5.75 Å². The smallest absolute Gasteiger partial charge is 0.231 e. The Balaban J connectivity index is 1.44. The van der Waals surface area contributed by atoms with E-state index in [0.717, 1.165) is 29.4 Å². The lowest BCUT2D eigenvalue weighted by atomic mass is 9.89. The monoisotopic (exact) mass is 283 g/mol. The van der Waals surface area contributed by atoms with Crippen LogP contribution in [0.3, 0.4) is 0 Å². The van der Waals surface area contributed by atoms with E-state index in [1.807, 2.05) is 18.2 Å². The second kappa shape index (κ2) is 4.31. The Morgan fingerprint density at radius 3 is 3.00 bits per heavy atom. The van der Waals surface area contributed by atoms with Crippen molar-refractivity contribution in [3.05, 3.63) is 41.5 Å². The number of benzene rings is 1. The third-order valence-electron chi connectivity index (χ3n) is 5.09. The van der Waals surface area contributed by atoms with Crippen molar-refractivity contribution in [1.82, 2.24) is 15.5 Å². The van der Waals surface area contributed by atoms with Crippen molar-refractivity contribution in [3.63, 3.8) is 0 Å².